The third-order valence-corrected chi connectivity index (χ3v) is 4.19. The van der Waals surface area contributed by atoms with Crippen molar-refractivity contribution in [1.29, 1.82) is 0 Å². The summed E-state index contributed by atoms with van der Waals surface area (Å²) in [6.07, 6.45) is 0.672. The molecule has 0 aromatic heterocycles. The monoisotopic (exact) mass is 329 g/mol. The van der Waals surface area contributed by atoms with E-state index in [1.54, 1.807) is 18.7 Å². The number of halogens is 1. The number of carbonyl (C=O) groups is 1. The summed E-state index contributed by atoms with van der Waals surface area (Å²) in [5.41, 5.74) is 0.300. The number of carbonyl (C=O) groups excluding carboxylic acids is 1. The highest BCUT2D eigenvalue weighted by atomic mass is 35.5. The first-order valence-corrected chi connectivity index (χ1v) is 8.63. The van der Waals surface area contributed by atoms with E-state index >= 15 is 0 Å². The number of thioether (sulfide) groups is 1. The van der Waals surface area contributed by atoms with Crippen molar-refractivity contribution in [2.24, 2.45) is 5.92 Å². The maximum atomic E-state index is 11.8. The molecule has 1 aromatic rings. The summed E-state index contributed by atoms with van der Waals surface area (Å²) in [6, 6.07) is 7.61. The van der Waals surface area contributed by atoms with Crippen molar-refractivity contribution in [3.8, 4) is 0 Å². The summed E-state index contributed by atoms with van der Waals surface area (Å²) in [5, 5.41) is 13.6. The van der Waals surface area contributed by atoms with Crippen LogP contribution in [0.3, 0.4) is 0 Å². The number of hydrogen-bond donors (Lipinski definition) is 2. The van der Waals surface area contributed by atoms with Crippen LogP contribution in [0.15, 0.2) is 24.3 Å². The quantitative estimate of drug-likeness (QED) is 0.767. The molecule has 0 aliphatic heterocycles. The van der Waals surface area contributed by atoms with Crippen LogP contribution < -0.4 is 5.32 Å². The lowest BCUT2D eigenvalue weighted by Crippen LogP contribution is -2.42. The second kappa shape index (κ2) is 8.66. The van der Waals surface area contributed by atoms with Gasteiger partial charge in [0.25, 0.3) is 0 Å². The van der Waals surface area contributed by atoms with Gasteiger partial charge in [0.15, 0.2) is 0 Å². The minimum absolute atomic E-state index is 0.0435. The third-order valence-electron chi connectivity index (χ3n) is 2.93. The molecule has 1 aromatic carbocycles. The van der Waals surface area contributed by atoms with Crippen molar-refractivity contribution in [3.05, 3.63) is 34.9 Å². The van der Waals surface area contributed by atoms with Gasteiger partial charge in [-0.05, 0) is 37.0 Å². The van der Waals surface area contributed by atoms with Crippen molar-refractivity contribution in [3.63, 3.8) is 0 Å². The van der Waals surface area contributed by atoms with E-state index in [0.717, 1.165) is 11.3 Å². The van der Waals surface area contributed by atoms with Gasteiger partial charge in [-0.3, -0.25) is 4.79 Å². The molecule has 2 N–H and O–H groups in total. The zero-order valence-corrected chi connectivity index (χ0v) is 14.4. The largest absolute Gasteiger partial charge is 0.388 e. The van der Waals surface area contributed by atoms with E-state index in [4.69, 9.17) is 11.6 Å². The number of amides is 1. The Morgan fingerprint density at radius 3 is 2.57 bits per heavy atom. The summed E-state index contributed by atoms with van der Waals surface area (Å²) in [4.78, 5) is 11.8. The minimum atomic E-state index is -0.843. The molecule has 3 nitrogen and oxygen atoms in total. The Hall–Kier alpha value is -0.710. The van der Waals surface area contributed by atoms with Crippen LogP contribution in [0.5, 0.6) is 0 Å². The van der Waals surface area contributed by atoms with Crippen LogP contribution >= 0.6 is 23.4 Å². The molecule has 0 bridgehead atoms. The first-order valence-electron chi connectivity index (χ1n) is 7.10. The Labute approximate surface area is 136 Å². The molecule has 1 unspecified atom stereocenters. The van der Waals surface area contributed by atoms with E-state index in [1.807, 2.05) is 24.3 Å². The molecule has 0 spiro atoms. The summed E-state index contributed by atoms with van der Waals surface area (Å²) in [6.45, 7) is 6.16. The molecule has 0 aliphatic carbocycles. The molecule has 0 saturated heterocycles. The van der Waals surface area contributed by atoms with Crippen molar-refractivity contribution in [2.45, 2.75) is 38.5 Å². The van der Waals surface area contributed by atoms with Gasteiger partial charge in [0, 0.05) is 17.3 Å². The van der Waals surface area contributed by atoms with Gasteiger partial charge in [-0.15, -0.1) is 11.8 Å². The molecule has 0 fully saturated rings. The average molecular weight is 330 g/mol. The highest BCUT2D eigenvalue weighted by Gasteiger charge is 2.22. The Bertz CT molecular complexity index is 446. The first kappa shape index (κ1) is 18.3. The fourth-order valence-electron chi connectivity index (χ4n) is 2.13. The van der Waals surface area contributed by atoms with Gasteiger partial charge in [-0.1, -0.05) is 37.6 Å². The Balaban J connectivity index is 2.23. The third kappa shape index (κ3) is 8.34. The molecule has 0 saturated carbocycles. The fourth-order valence-corrected chi connectivity index (χ4v) is 3.08. The van der Waals surface area contributed by atoms with Crippen LogP contribution in [-0.2, 0) is 10.5 Å². The average Bonchev–Trinajstić information content (AvgIpc) is 2.37. The normalized spacial score (nSPS) is 14.0. The molecule has 0 aliphatic rings. The summed E-state index contributed by atoms with van der Waals surface area (Å²) >= 11 is 7.37. The molecule has 1 amide bonds. The zero-order chi connectivity index (χ0) is 15.9. The molecule has 1 rings (SSSR count). The number of rotatable bonds is 8. The van der Waals surface area contributed by atoms with Crippen LogP contribution in [-0.4, -0.2) is 28.9 Å². The van der Waals surface area contributed by atoms with Crippen molar-refractivity contribution < 1.29 is 9.90 Å². The number of hydrogen-bond acceptors (Lipinski definition) is 3. The maximum Gasteiger partial charge on any atom is 0.230 e. The topological polar surface area (TPSA) is 49.3 Å². The summed E-state index contributed by atoms with van der Waals surface area (Å²) in [7, 11) is 0. The Morgan fingerprint density at radius 2 is 2.00 bits per heavy atom. The lowest BCUT2D eigenvalue weighted by Gasteiger charge is -2.25. The molecule has 0 radical (unpaired) electrons. The van der Waals surface area contributed by atoms with Crippen molar-refractivity contribution in [2.75, 3.05) is 12.3 Å². The van der Waals surface area contributed by atoms with E-state index in [-0.39, 0.29) is 5.91 Å². The van der Waals surface area contributed by atoms with E-state index in [2.05, 4.69) is 19.2 Å². The standard InChI is InChI=1S/C16H24ClNO2S/c1-12(2)8-16(3,20)11-18-15(19)10-21-9-13-4-6-14(17)7-5-13/h4-7,12,20H,8-11H2,1-3H3,(H,18,19). The van der Waals surface area contributed by atoms with Crippen LogP contribution in [0.4, 0.5) is 0 Å². The van der Waals surface area contributed by atoms with Crippen LogP contribution in [0.1, 0.15) is 32.8 Å². The van der Waals surface area contributed by atoms with Gasteiger partial charge in [-0.25, -0.2) is 0 Å². The lowest BCUT2D eigenvalue weighted by molar-refractivity contribution is -0.119. The molecule has 0 heterocycles. The van der Waals surface area contributed by atoms with Gasteiger partial charge in [-0.2, -0.15) is 0 Å². The van der Waals surface area contributed by atoms with Gasteiger partial charge in [0.2, 0.25) is 5.91 Å². The first-order chi connectivity index (χ1) is 9.78. The Morgan fingerprint density at radius 1 is 1.38 bits per heavy atom. The van der Waals surface area contributed by atoms with Gasteiger partial charge in [0.1, 0.15) is 0 Å². The van der Waals surface area contributed by atoms with Crippen molar-refractivity contribution >= 4 is 29.3 Å². The molecular formula is C16H24ClNO2S. The number of nitrogens with one attached hydrogen (secondary N) is 1. The lowest BCUT2D eigenvalue weighted by atomic mass is 9.94. The van der Waals surface area contributed by atoms with Gasteiger partial charge >= 0.3 is 0 Å². The van der Waals surface area contributed by atoms with Gasteiger partial charge < -0.3 is 10.4 Å². The summed E-state index contributed by atoms with van der Waals surface area (Å²) in [5.74, 6) is 1.52. The molecule has 5 heteroatoms. The predicted octanol–water partition coefficient (Wildman–Crippen LogP) is 3.49. The van der Waals surface area contributed by atoms with Crippen LogP contribution in [0.25, 0.3) is 0 Å². The fraction of sp³-hybridized carbons (Fsp3) is 0.562. The van der Waals surface area contributed by atoms with Gasteiger partial charge in [0.05, 0.1) is 11.4 Å². The van der Waals surface area contributed by atoms with E-state index < -0.39 is 5.60 Å². The molecule has 118 valence electrons. The highest BCUT2D eigenvalue weighted by Crippen LogP contribution is 2.16. The van der Waals surface area contributed by atoms with Crippen LogP contribution in [0.2, 0.25) is 5.02 Å². The SMILES string of the molecule is CC(C)CC(C)(O)CNC(=O)CSCc1ccc(Cl)cc1. The molecule has 1 atom stereocenters. The second-order valence-electron chi connectivity index (χ2n) is 5.99. The van der Waals surface area contributed by atoms with Crippen LogP contribution in [0, 0.1) is 5.92 Å². The predicted molar refractivity (Wildman–Crippen MR) is 90.7 cm³/mol. The minimum Gasteiger partial charge on any atom is -0.388 e. The van der Waals surface area contributed by atoms with E-state index in [0.29, 0.717) is 29.7 Å². The molecule has 21 heavy (non-hydrogen) atoms. The number of benzene rings is 1. The number of aliphatic hydroxyl groups is 1. The zero-order valence-electron chi connectivity index (χ0n) is 12.9. The Kier molecular flexibility index (Phi) is 7.57. The highest BCUT2D eigenvalue weighted by molar-refractivity contribution is 7.99. The summed E-state index contributed by atoms with van der Waals surface area (Å²) < 4.78 is 0. The second-order valence-corrected chi connectivity index (χ2v) is 7.41. The molecular weight excluding hydrogens is 306 g/mol. The van der Waals surface area contributed by atoms with Crippen molar-refractivity contribution in [1.82, 2.24) is 5.32 Å². The smallest absolute Gasteiger partial charge is 0.230 e. The van der Waals surface area contributed by atoms with E-state index in [1.165, 1.54) is 0 Å². The van der Waals surface area contributed by atoms with E-state index in [9.17, 15) is 9.90 Å². The maximum absolute atomic E-state index is 11.8.